The Labute approximate surface area is 112 Å². The van der Waals surface area contributed by atoms with Gasteiger partial charge in [-0.15, -0.1) is 0 Å². The summed E-state index contributed by atoms with van der Waals surface area (Å²) in [5, 5.41) is 9.63. The summed E-state index contributed by atoms with van der Waals surface area (Å²) >= 11 is 3.56. The highest BCUT2D eigenvalue weighted by Gasteiger charge is 2.09. The largest absolute Gasteiger partial charge is 0.389 e. The monoisotopic (exact) mass is 301 g/mol. The van der Waals surface area contributed by atoms with E-state index in [0.29, 0.717) is 13.2 Å². The number of nitrogens with zero attached hydrogens (tertiary/aromatic N) is 1. The summed E-state index contributed by atoms with van der Waals surface area (Å²) in [7, 11) is 3.59. The highest BCUT2D eigenvalue weighted by molar-refractivity contribution is 9.10. The lowest BCUT2D eigenvalue weighted by molar-refractivity contribution is 0.0418. The van der Waals surface area contributed by atoms with Crippen LogP contribution >= 0.6 is 15.9 Å². The average Bonchev–Trinajstić information content (AvgIpc) is 2.22. The molecule has 1 atom stereocenters. The van der Waals surface area contributed by atoms with E-state index in [9.17, 15) is 5.11 Å². The lowest BCUT2D eigenvalue weighted by Crippen LogP contribution is -2.31. The van der Waals surface area contributed by atoms with Crippen LogP contribution in [0.4, 0.5) is 0 Å². The highest BCUT2D eigenvalue weighted by Crippen LogP contribution is 2.19. The predicted molar refractivity (Wildman–Crippen MR) is 73.1 cm³/mol. The number of hydrogen-bond acceptors (Lipinski definition) is 3. The second-order valence-corrected chi connectivity index (χ2v) is 5.26. The fraction of sp³-hybridized carbons (Fsp3) is 0.538. The molecule has 96 valence electrons. The van der Waals surface area contributed by atoms with Gasteiger partial charge in [0.2, 0.25) is 0 Å². The Morgan fingerprint density at radius 2 is 2.18 bits per heavy atom. The van der Waals surface area contributed by atoms with E-state index in [1.807, 2.05) is 7.05 Å². The fourth-order valence-electron chi connectivity index (χ4n) is 1.74. The number of aliphatic hydroxyl groups excluding tert-OH is 1. The second kappa shape index (κ2) is 7.11. The maximum atomic E-state index is 9.63. The highest BCUT2D eigenvalue weighted by atomic mass is 79.9. The molecule has 0 aliphatic heterocycles. The van der Waals surface area contributed by atoms with E-state index in [0.717, 1.165) is 11.0 Å². The number of methoxy groups -OCH3 is 1. The number of rotatable bonds is 6. The number of ether oxygens (including phenoxy) is 1. The van der Waals surface area contributed by atoms with Crippen LogP contribution in [-0.2, 0) is 11.3 Å². The summed E-state index contributed by atoms with van der Waals surface area (Å²) in [4.78, 5) is 2.08. The van der Waals surface area contributed by atoms with Crippen LogP contribution in [0.2, 0.25) is 0 Å². The Morgan fingerprint density at radius 3 is 2.76 bits per heavy atom. The van der Waals surface area contributed by atoms with Gasteiger partial charge in [-0.2, -0.15) is 0 Å². The first-order valence-electron chi connectivity index (χ1n) is 5.63. The molecule has 0 amide bonds. The molecular weight excluding hydrogens is 282 g/mol. The zero-order valence-corrected chi connectivity index (χ0v) is 12.2. The first-order chi connectivity index (χ1) is 8.02. The van der Waals surface area contributed by atoms with Crippen LogP contribution in [0, 0.1) is 6.92 Å². The third-order valence-corrected chi connectivity index (χ3v) is 3.27. The van der Waals surface area contributed by atoms with Crippen LogP contribution in [0.3, 0.4) is 0 Å². The van der Waals surface area contributed by atoms with Gasteiger partial charge >= 0.3 is 0 Å². The first kappa shape index (κ1) is 14.6. The van der Waals surface area contributed by atoms with Crippen LogP contribution < -0.4 is 0 Å². The Kier molecular flexibility index (Phi) is 6.12. The summed E-state index contributed by atoms with van der Waals surface area (Å²) in [5.41, 5.74) is 2.46. The molecule has 0 fully saturated rings. The number of aliphatic hydroxyl groups is 1. The van der Waals surface area contributed by atoms with Crippen molar-refractivity contribution in [1.29, 1.82) is 0 Å². The first-order valence-corrected chi connectivity index (χ1v) is 6.42. The Hall–Kier alpha value is -0.420. The average molecular weight is 302 g/mol. The lowest BCUT2D eigenvalue weighted by Gasteiger charge is -2.20. The molecule has 1 unspecified atom stereocenters. The minimum atomic E-state index is -0.436. The predicted octanol–water partition coefficient (Wildman–Crippen LogP) is 2.20. The van der Waals surface area contributed by atoms with Crippen LogP contribution in [0.1, 0.15) is 11.1 Å². The molecule has 0 aliphatic rings. The maximum absolute atomic E-state index is 9.63. The minimum Gasteiger partial charge on any atom is -0.389 e. The van der Waals surface area contributed by atoms with E-state index >= 15 is 0 Å². The summed E-state index contributed by atoms with van der Waals surface area (Å²) in [6, 6.07) is 6.31. The minimum absolute atomic E-state index is 0.374. The normalized spacial score (nSPS) is 13.1. The number of hydrogen-bond donors (Lipinski definition) is 1. The molecular formula is C13H20BrNO2. The number of benzene rings is 1. The van der Waals surface area contributed by atoms with Crippen molar-refractivity contribution in [3.8, 4) is 0 Å². The molecule has 0 saturated carbocycles. The molecule has 0 saturated heterocycles. The molecule has 1 N–H and O–H groups in total. The zero-order chi connectivity index (χ0) is 12.8. The molecule has 17 heavy (non-hydrogen) atoms. The summed E-state index contributed by atoms with van der Waals surface area (Å²) in [5.74, 6) is 0. The Balaban J connectivity index is 2.52. The van der Waals surface area contributed by atoms with Crippen LogP contribution in [0.25, 0.3) is 0 Å². The molecule has 0 bridgehead atoms. The van der Waals surface area contributed by atoms with E-state index in [-0.39, 0.29) is 0 Å². The number of halogens is 1. The molecule has 3 nitrogen and oxygen atoms in total. The molecule has 4 heteroatoms. The fourth-order valence-corrected chi connectivity index (χ4v) is 2.36. The van der Waals surface area contributed by atoms with Crippen molar-refractivity contribution < 1.29 is 9.84 Å². The van der Waals surface area contributed by atoms with E-state index < -0.39 is 6.10 Å². The SMILES string of the molecule is COCC(O)CN(C)Cc1ccc(C)cc1Br. The van der Waals surface area contributed by atoms with Crippen molar-refractivity contribution in [2.24, 2.45) is 0 Å². The van der Waals surface area contributed by atoms with Gasteiger partial charge < -0.3 is 9.84 Å². The molecule has 0 spiro atoms. The van der Waals surface area contributed by atoms with E-state index in [1.165, 1.54) is 11.1 Å². The van der Waals surface area contributed by atoms with Gasteiger partial charge in [0, 0.05) is 24.7 Å². The zero-order valence-electron chi connectivity index (χ0n) is 10.6. The smallest absolute Gasteiger partial charge is 0.0900 e. The van der Waals surface area contributed by atoms with E-state index in [1.54, 1.807) is 7.11 Å². The lowest BCUT2D eigenvalue weighted by atomic mass is 10.1. The van der Waals surface area contributed by atoms with Crippen molar-refractivity contribution in [3.05, 3.63) is 33.8 Å². The van der Waals surface area contributed by atoms with Gasteiger partial charge in [0.05, 0.1) is 12.7 Å². The third kappa shape index (κ3) is 5.17. The van der Waals surface area contributed by atoms with Gasteiger partial charge in [-0.25, -0.2) is 0 Å². The molecule has 1 aromatic rings. The van der Waals surface area contributed by atoms with E-state index in [2.05, 4.69) is 46.0 Å². The molecule has 0 aromatic heterocycles. The van der Waals surface area contributed by atoms with E-state index in [4.69, 9.17) is 4.74 Å². The topological polar surface area (TPSA) is 32.7 Å². The van der Waals surface area contributed by atoms with Crippen LogP contribution in [-0.4, -0.2) is 43.4 Å². The van der Waals surface area contributed by atoms with Gasteiger partial charge in [0.1, 0.15) is 0 Å². The molecule has 0 aliphatic carbocycles. The van der Waals surface area contributed by atoms with Crippen molar-refractivity contribution in [2.75, 3.05) is 27.3 Å². The third-order valence-electron chi connectivity index (χ3n) is 2.53. The van der Waals surface area contributed by atoms with Crippen molar-refractivity contribution >= 4 is 15.9 Å². The Bertz CT molecular complexity index is 357. The Morgan fingerprint density at radius 1 is 1.47 bits per heavy atom. The van der Waals surface area contributed by atoms with Gasteiger partial charge in [-0.05, 0) is 31.2 Å². The molecule has 0 heterocycles. The summed E-state index contributed by atoms with van der Waals surface area (Å²) in [6.45, 7) is 3.86. The standard InChI is InChI=1S/C13H20BrNO2/c1-10-4-5-11(13(14)6-10)7-15(2)8-12(16)9-17-3/h4-6,12,16H,7-9H2,1-3H3. The second-order valence-electron chi connectivity index (χ2n) is 4.40. The van der Waals surface area contributed by atoms with Gasteiger partial charge in [0.15, 0.2) is 0 Å². The molecule has 0 radical (unpaired) electrons. The van der Waals surface area contributed by atoms with Gasteiger partial charge in [-0.3, -0.25) is 4.90 Å². The summed E-state index contributed by atoms with van der Waals surface area (Å²) in [6.07, 6.45) is -0.436. The number of aryl methyl sites for hydroxylation is 1. The van der Waals surface area contributed by atoms with Crippen LogP contribution in [0.15, 0.2) is 22.7 Å². The molecule has 1 aromatic carbocycles. The quantitative estimate of drug-likeness (QED) is 0.874. The van der Waals surface area contributed by atoms with Gasteiger partial charge in [0.25, 0.3) is 0 Å². The van der Waals surface area contributed by atoms with Crippen LogP contribution in [0.5, 0.6) is 0 Å². The maximum Gasteiger partial charge on any atom is 0.0900 e. The van der Waals surface area contributed by atoms with Crippen molar-refractivity contribution in [1.82, 2.24) is 4.90 Å². The summed E-state index contributed by atoms with van der Waals surface area (Å²) < 4.78 is 6.02. The van der Waals surface area contributed by atoms with Crippen molar-refractivity contribution in [3.63, 3.8) is 0 Å². The van der Waals surface area contributed by atoms with Crippen molar-refractivity contribution in [2.45, 2.75) is 19.6 Å². The molecule has 1 rings (SSSR count). The van der Waals surface area contributed by atoms with Gasteiger partial charge in [-0.1, -0.05) is 28.1 Å². The number of likely N-dealkylation sites (N-methyl/N-ethyl adjacent to an activating group) is 1.